The van der Waals surface area contributed by atoms with E-state index in [2.05, 4.69) is 15.6 Å². The molecule has 0 aliphatic carbocycles. The van der Waals surface area contributed by atoms with Gasteiger partial charge >= 0.3 is 0 Å². The van der Waals surface area contributed by atoms with Crippen LogP contribution in [0.5, 0.6) is 0 Å². The molecule has 7 nitrogen and oxygen atoms in total. The fourth-order valence-corrected chi connectivity index (χ4v) is 3.29. The van der Waals surface area contributed by atoms with Crippen LogP contribution < -0.4 is 16.4 Å². The van der Waals surface area contributed by atoms with Crippen molar-refractivity contribution < 1.29 is 14.3 Å². The molecule has 26 heavy (non-hydrogen) atoms. The van der Waals surface area contributed by atoms with E-state index in [4.69, 9.17) is 10.5 Å². The lowest BCUT2D eigenvalue weighted by Crippen LogP contribution is -2.26. The van der Waals surface area contributed by atoms with Crippen LogP contribution in [0.2, 0.25) is 0 Å². The molecule has 1 aromatic heterocycles. The van der Waals surface area contributed by atoms with Crippen LogP contribution in [0.4, 0.5) is 11.4 Å². The molecule has 2 heterocycles. The first-order valence-electron chi connectivity index (χ1n) is 8.14. The molecule has 140 valence electrons. The highest BCUT2D eigenvalue weighted by Crippen LogP contribution is 2.18. The van der Waals surface area contributed by atoms with Crippen molar-refractivity contribution in [3.05, 3.63) is 40.3 Å². The number of halogens is 1. The fraction of sp³-hybridized carbons (Fsp3) is 0.353. The second-order valence-corrected chi connectivity index (χ2v) is 6.63. The molecule has 9 heteroatoms. The SMILES string of the molecule is Cl.NCCc1nc(C(=O)Nc2ccc(NC(=O)C3CCCO3)cc2)cs1. The van der Waals surface area contributed by atoms with Gasteiger partial charge in [0.15, 0.2) is 0 Å². The van der Waals surface area contributed by atoms with Crippen LogP contribution in [0.3, 0.4) is 0 Å². The zero-order chi connectivity index (χ0) is 17.6. The number of nitrogens with two attached hydrogens (primary N) is 1. The summed E-state index contributed by atoms with van der Waals surface area (Å²) in [6, 6.07) is 6.94. The number of nitrogens with one attached hydrogen (secondary N) is 2. The molecule has 0 saturated carbocycles. The molecule has 1 saturated heterocycles. The number of anilines is 2. The molecule has 0 radical (unpaired) electrons. The predicted octanol–water partition coefficient (Wildman–Crippen LogP) is 2.44. The number of ether oxygens (including phenoxy) is 1. The van der Waals surface area contributed by atoms with Gasteiger partial charge in [0, 0.05) is 29.8 Å². The van der Waals surface area contributed by atoms with E-state index in [9.17, 15) is 9.59 Å². The molecule has 4 N–H and O–H groups in total. The van der Waals surface area contributed by atoms with Crippen molar-refractivity contribution in [1.82, 2.24) is 4.98 Å². The average Bonchev–Trinajstić information content (AvgIpc) is 3.28. The van der Waals surface area contributed by atoms with E-state index in [1.54, 1.807) is 29.6 Å². The highest BCUT2D eigenvalue weighted by Gasteiger charge is 2.23. The Labute approximate surface area is 161 Å². The Hall–Kier alpha value is -2.00. The molecule has 3 rings (SSSR count). The summed E-state index contributed by atoms with van der Waals surface area (Å²) < 4.78 is 5.35. The Kier molecular flexibility index (Phi) is 7.52. The van der Waals surface area contributed by atoms with Gasteiger partial charge < -0.3 is 21.1 Å². The lowest BCUT2D eigenvalue weighted by molar-refractivity contribution is -0.124. The molecular formula is C17H21ClN4O3S. The molecule has 0 bridgehead atoms. The van der Waals surface area contributed by atoms with Crippen LogP contribution in [0.25, 0.3) is 0 Å². The Balaban J connectivity index is 0.00000243. The van der Waals surface area contributed by atoms with Gasteiger partial charge in [0.05, 0.1) is 5.01 Å². The number of aromatic nitrogens is 1. The standard InChI is InChI=1S/C17H20N4O3S.ClH/c18-8-7-15-21-13(10-25-15)16(22)19-11-3-5-12(6-4-11)20-17(23)14-2-1-9-24-14;/h3-6,10,14H,1-2,7-9,18H2,(H,19,22)(H,20,23);1H. The molecular weight excluding hydrogens is 376 g/mol. The monoisotopic (exact) mass is 396 g/mol. The zero-order valence-corrected chi connectivity index (χ0v) is 15.7. The van der Waals surface area contributed by atoms with E-state index >= 15 is 0 Å². The maximum absolute atomic E-state index is 12.2. The van der Waals surface area contributed by atoms with Crippen LogP contribution in [0.15, 0.2) is 29.6 Å². The normalized spacial score (nSPS) is 16.0. The van der Waals surface area contributed by atoms with Crippen molar-refractivity contribution in [2.75, 3.05) is 23.8 Å². The maximum Gasteiger partial charge on any atom is 0.275 e. The largest absolute Gasteiger partial charge is 0.368 e. The van der Waals surface area contributed by atoms with Crippen LogP contribution in [-0.4, -0.2) is 36.1 Å². The Morgan fingerprint density at radius 1 is 1.23 bits per heavy atom. The van der Waals surface area contributed by atoms with Crippen LogP contribution in [0, 0.1) is 0 Å². The van der Waals surface area contributed by atoms with E-state index in [0.717, 1.165) is 17.8 Å². The summed E-state index contributed by atoms with van der Waals surface area (Å²) in [5.41, 5.74) is 7.16. The van der Waals surface area contributed by atoms with Crippen molar-refractivity contribution in [3.63, 3.8) is 0 Å². The van der Waals surface area contributed by atoms with Gasteiger partial charge in [-0.05, 0) is 43.7 Å². The third-order valence-corrected chi connectivity index (χ3v) is 4.68. The van der Waals surface area contributed by atoms with Crippen molar-refractivity contribution in [1.29, 1.82) is 0 Å². The Morgan fingerprint density at radius 2 is 1.92 bits per heavy atom. The maximum atomic E-state index is 12.2. The number of hydrogen-bond acceptors (Lipinski definition) is 6. The van der Waals surface area contributed by atoms with Crippen LogP contribution in [0.1, 0.15) is 28.3 Å². The van der Waals surface area contributed by atoms with E-state index in [1.807, 2.05) is 0 Å². The number of benzene rings is 1. The first-order chi connectivity index (χ1) is 12.2. The third-order valence-electron chi connectivity index (χ3n) is 3.78. The van der Waals surface area contributed by atoms with E-state index < -0.39 is 0 Å². The summed E-state index contributed by atoms with van der Waals surface area (Å²) in [5, 5.41) is 8.17. The van der Waals surface area contributed by atoms with Gasteiger partial charge in [-0.1, -0.05) is 0 Å². The molecule has 1 aliphatic rings. The molecule has 0 spiro atoms. The fourth-order valence-electron chi connectivity index (χ4n) is 2.49. The third kappa shape index (κ3) is 5.25. The molecule has 1 fully saturated rings. The number of rotatable bonds is 6. The van der Waals surface area contributed by atoms with Gasteiger partial charge in [-0.2, -0.15) is 0 Å². The highest BCUT2D eigenvalue weighted by molar-refractivity contribution is 7.09. The number of carbonyl (C=O) groups excluding carboxylic acids is 2. The topological polar surface area (TPSA) is 106 Å². The Bertz CT molecular complexity index is 745. The molecule has 1 unspecified atom stereocenters. The number of amides is 2. The molecule has 2 aromatic rings. The van der Waals surface area contributed by atoms with E-state index in [-0.39, 0.29) is 30.3 Å². The van der Waals surface area contributed by atoms with Crippen molar-refractivity contribution in [3.8, 4) is 0 Å². The van der Waals surface area contributed by atoms with Crippen molar-refractivity contribution >= 4 is 46.9 Å². The van der Waals surface area contributed by atoms with Gasteiger partial charge in [-0.15, -0.1) is 23.7 Å². The smallest absolute Gasteiger partial charge is 0.275 e. The van der Waals surface area contributed by atoms with Crippen LogP contribution in [-0.2, 0) is 16.0 Å². The van der Waals surface area contributed by atoms with E-state index in [0.29, 0.717) is 36.6 Å². The summed E-state index contributed by atoms with van der Waals surface area (Å²) in [4.78, 5) is 28.4. The first kappa shape index (κ1) is 20.3. The van der Waals surface area contributed by atoms with Crippen molar-refractivity contribution in [2.45, 2.75) is 25.4 Å². The number of thiazole rings is 1. The number of nitrogens with zero attached hydrogens (tertiary/aromatic N) is 1. The summed E-state index contributed by atoms with van der Waals surface area (Å²) >= 11 is 1.42. The van der Waals surface area contributed by atoms with Gasteiger partial charge in [0.1, 0.15) is 11.8 Å². The first-order valence-corrected chi connectivity index (χ1v) is 9.02. The summed E-state index contributed by atoms with van der Waals surface area (Å²) in [6.45, 7) is 1.14. The molecule has 1 atom stereocenters. The lowest BCUT2D eigenvalue weighted by Gasteiger charge is -2.11. The summed E-state index contributed by atoms with van der Waals surface area (Å²) in [6.07, 6.45) is 1.95. The van der Waals surface area contributed by atoms with Crippen molar-refractivity contribution in [2.24, 2.45) is 5.73 Å². The molecule has 1 aliphatic heterocycles. The van der Waals surface area contributed by atoms with Gasteiger partial charge in [-0.25, -0.2) is 4.98 Å². The molecule has 2 amide bonds. The quantitative estimate of drug-likeness (QED) is 0.695. The zero-order valence-electron chi connectivity index (χ0n) is 14.1. The van der Waals surface area contributed by atoms with Gasteiger partial charge in [0.2, 0.25) is 0 Å². The minimum Gasteiger partial charge on any atom is -0.368 e. The second-order valence-electron chi connectivity index (χ2n) is 5.69. The van der Waals surface area contributed by atoms with Gasteiger partial charge in [0.25, 0.3) is 11.8 Å². The summed E-state index contributed by atoms with van der Waals surface area (Å²) in [5.74, 6) is -0.403. The molecule has 1 aromatic carbocycles. The van der Waals surface area contributed by atoms with Gasteiger partial charge in [-0.3, -0.25) is 9.59 Å². The Morgan fingerprint density at radius 3 is 2.54 bits per heavy atom. The number of hydrogen-bond donors (Lipinski definition) is 3. The highest BCUT2D eigenvalue weighted by atomic mass is 35.5. The second kappa shape index (κ2) is 9.63. The van der Waals surface area contributed by atoms with Crippen LogP contribution >= 0.6 is 23.7 Å². The predicted molar refractivity (Wildman–Crippen MR) is 104 cm³/mol. The summed E-state index contributed by atoms with van der Waals surface area (Å²) in [7, 11) is 0. The minimum atomic E-state index is -0.369. The van der Waals surface area contributed by atoms with E-state index in [1.165, 1.54) is 11.3 Å². The minimum absolute atomic E-state index is 0. The average molecular weight is 397 g/mol. The lowest BCUT2D eigenvalue weighted by atomic mass is 10.2. The number of carbonyl (C=O) groups is 2.